The first kappa shape index (κ1) is 20.0. The van der Waals surface area contributed by atoms with Crippen LogP contribution in [-0.2, 0) is 6.61 Å². The number of carboxylic acid groups (broad SMARTS) is 1. The van der Waals surface area contributed by atoms with E-state index >= 15 is 0 Å². The van der Waals surface area contributed by atoms with Crippen molar-refractivity contribution >= 4 is 62.9 Å². The van der Waals surface area contributed by atoms with Crippen LogP contribution in [-0.4, -0.2) is 11.1 Å². The van der Waals surface area contributed by atoms with E-state index in [2.05, 4.69) is 0 Å². The number of hydrogen-bond donors (Lipinski definition) is 1. The summed E-state index contributed by atoms with van der Waals surface area (Å²) < 4.78 is 5.87. The van der Waals surface area contributed by atoms with Gasteiger partial charge in [0, 0.05) is 10.6 Å². The van der Waals surface area contributed by atoms with Crippen LogP contribution in [0.3, 0.4) is 0 Å². The second kappa shape index (κ2) is 8.25. The van der Waals surface area contributed by atoms with E-state index in [1.54, 1.807) is 35.6 Å². The molecule has 0 bridgehead atoms. The van der Waals surface area contributed by atoms with Gasteiger partial charge in [-0.3, -0.25) is 0 Å². The Balaban J connectivity index is 1.73. The molecule has 0 radical (unpaired) electrons. The van der Waals surface area contributed by atoms with Gasteiger partial charge in [-0.1, -0.05) is 40.9 Å². The molecule has 3 nitrogen and oxygen atoms in total. The van der Waals surface area contributed by atoms with E-state index in [4.69, 9.17) is 39.5 Å². The molecule has 0 spiro atoms. The normalized spacial score (nSPS) is 11.0. The third kappa shape index (κ3) is 4.07. The zero-order valence-corrected chi connectivity index (χ0v) is 17.9. The average molecular weight is 464 g/mol. The predicted octanol–water partition coefficient (Wildman–Crippen LogP) is 7.81. The molecule has 1 heterocycles. The highest BCUT2D eigenvalue weighted by Crippen LogP contribution is 2.35. The number of carbonyl (C=O) groups is 1. The molecule has 7 heteroatoms. The van der Waals surface area contributed by atoms with Crippen molar-refractivity contribution in [3.05, 3.63) is 85.5 Å². The van der Waals surface area contributed by atoms with Crippen LogP contribution >= 0.6 is 46.1 Å². The molecule has 3 aromatic carbocycles. The van der Waals surface area contributed by atoms with Crippen molar-refractivity contribution in [1.29, 1.82) is 0 Å². The Bertz CT molecular complexity index is 1220. The Morgan fingerprint density at radius 3 is 2.52 bits per heavy atom. The van der Waals surface area contributed by atoms with E-state index in [9.17, 15) is 9.90 Å². The molecule has 0 saturated heterocycles. The van der Waals surface area contributed by atoms with Gasteiger partial charge < -0.3 is 9.84 Å². The zero-order chi connectivity index (χ0) is 20.5. The van der Waals surface area contributed by atoms with E-state index in [1.165, 1.54) is 0 Å². The number of benzene rings is 3. The first-order chi connectivity index (χ1) is 13.9. The van der Waals surface area contributed by atoms with Gasteiger partial charge in [0.05, 0.1) is 15.6 Å². The van der Waals surface area contributed by atoms with E-state index in [0.717, 1.165) is 21.9 Å². The molecule has 1 aromatic heterocycles. The lowest BCUT2D eigenvalue weighted by Gasteiger charge is -2.13. The molecule has 4 rings (SSSR count). The molecular formula is C22H13Cl3O3S. The number of fused-ring (bicyclic) bond motifs is 1. The molecule has 0 aliphatic heterocycles. The minimum absolute atomic E-state index is 0.139. The molecule has 0 aliphatic carbocycles. The van der Waals surface area contributed by atoms with Crippen molar-refractivity contribution in [1.82, 2.24) is 0 Å². The van der Waals surface area contributed by atoms with Crippen molar-refractivity contribution in [2.75, 3.05) is 0 Å². The minimum atomic E-state index is -0.979. The SMILES string of the molecule is O=C(O)c1cc(-c2ccsc2)c2ccc(OCc3c(Cl)ccc(Cl)c3Cl)cc2c1. The molecule has 0 amide bonds. The predicted molar refractivity (Wildman–Crippen MR) is 120 cm³/mol. The summed E-state index contributed by atoms with van der Waals surface area (Å²) in [6.07, 6.45) is 0. The molecule has 0 aliphatic rings. The number of hydrogen-bond acceptors (Lipinski definition) is 3. The molecular weight excluding hydrogens is 451 g/mol. The second-order valence-corrected chi connectivity index (χ2v) is 8.31. The number of aromatic carboxylic acids is 1. The largest absolute Gasteiger partial charge is 0.489 e. The number of thiophene rings is 1. The summed E-state index contributed by atoms with van der Waals surface area (Å²) in [4.78, 5) is 11.6. The fourth-order valence-corrected chi connectivity index (χ4v) is 4.39. The van der Waals surface area contributed by atoms with Gasteiger partial charge in [0.25, 0.3) is 0 Å². The number of rotatable bonds is 5. The van der Waals surface area contributed by atoms with E-state index in [1.807, 2.05) is 35.0 Å². The maximum Gasteiger partial charge on any atom is 0.335 e. The van der Waals surface area contributed by atoms with Crippen molar-refractivity contribution < 1.29 is 14.6 Å². The Kier molecular flexibility index (Phi) is 5.70. The fraction of sp³-hybridized carbons (Fsp3) is 0.0455. The van der Waals surface area contributed by atoms with Gasteiger partial charge in [0.15, 0.2) is 0 Å². The number of carboxylic acids is 1. The molecule has 146 valence electrons. The van der Waals surface area contributed by atoms with E-state index < -0.39 is 5.97 Å². The van der Waals surface area contributed by atoms with Crippen LogP contribution in [0.25, 0.3) is 21.9 Å². The number of ether oxygens (including phenoxy) is 1. The second-order valence-electron chi connectivity index (χ2n) is 6.33. The lowest BCUT2D eigenvalue weighted by Crippen LogP contribution is -1.99. The molecule has 0 saturated carbocycles. The maximum atomic E-state index is 11.6. The van der Waals surface area contributed by atoms with Crippen molar-refractivity contribution in [3.8, 4) is 16.9 Å². The summed E-state index contributed by atoms with van der Waals surface area (Å²) in [7, 11) is 0. The molecule has 1 N–H and O–H groups in total. The third-order valence-electron chi connectivity index (χ3n) is 4.53. The van der Waals surface area contributed by atoms with Crippen LogP contribution < -0.4 is 4.74 Å². The summed E-state index contributed by atoms with van der Waals surface area (Å²) in [5, 5.41) is 16.4. The van der Waals surface area contributed by atoms with Crippen LogP contribution in [0.5, 0.6) is 5.75 Å². The lowest BCUT2D eigenvalue weighted by atomic mass is 9.97. The van der Waals surface area contributed by atoms with Gasteiger partial charge in [0.2, 0.25) is 0 Å². The Labute approximate surface area is 186 Å². The third-order valence-corrected chi connectivity index (χ3v) is 6.41. The van der Waals surface area contributed by atoms with Crippen molar-refractivity contribution in [2.45, 2.75) is 6.61 Å². The zero-order valence-electron chi connectivity index (χ0n) is 14.8. The maximum absolute atomic E-state index is 11.6. The standard InChI is InChI=1S/C22H13Cl3O3S/c23-19-3-4-20(24)21(25)18(19)10-28-15-1-2-16-13(8-15)7-14(22(26)27)9-17(16)12-5-6-29-11-12/h1-9,11H,10H2,(H,26,27). The highest BCUT2D eigenvalue weighted by atomic mass is 35.5. The van der Waals surface area contributed by atoms with Crippen LogP contribution in [0.1, 0.15) is 15.9 Å². The molecule has 0 fully saturated rings. The van der Waals surface area contributed by atoms with E-state index in [-0.39, 0.29) is 12.2 Å². The molecule has 4 aromatic rings. The molecule has 0 atom stereocenters. The van der Waals surface area contributed by atoms with Gasteiger partial charge >= 0.3 is 5.97 Å². The average Bonchev–Trinajstić information content (AvgIpc) is 3.24. The quantitative estimate of drug-likeness (QED) is 0.307. The van der Waals surface area contributed by atoms with Crippen molar-refractivity contribution in [2.24, 2.45) is 0 Å². The van der Waals surface area contributed by atoms with E-state index in [0.29, 0.717) is 26.4 Å². The lowest BCUT2D eigenvalue weighted by molar-refractivity contribution is 0.0697. The minimum Gasteiger partial charge on any atom is -0.489 e. The Morgan fingerprint density at radius 1 is 1.00 bits per heavy atom. The van der Waals surface area contributed by atoms with Crippen LogP contribution in [0, 0.1) is 0 Å². The van der Waals surface area contributed by atoms with Gasteiger partial charge in [0.1, 0.15) is 12.4 Å². The van der Waals surface area contributed by atoms with Gasteiger partial charge in [-0.05, 0) is 75.1 Å². The number of halogens is 3. The van der Waals surface area contributed by atoms with Gasteiger partial charge in [-0.2, -0.15) is 11.3 Å². The summed E-state index contributed by atoms with van der Waals surface area (Å²) in [5.41, 5.74) is 2.67. The van der Waals surface area contributed by atoms with Crippen molar-refractivity contribution in [3.63, 3.8) is 0 Å². The van der Waals surface area contributed by atoms with Crippen LogP contribution in [0.2, 0.25) is 15.1 Å². The highest BCUT2D eigenvalue weighted by molar-refractivity contribution is 7.08. The summed E-state index contributed by atoms with van der Waals surface area (Å²) >= 11 is 20.1. The monoisotopic (exact) mass is 462 g/mol. The smallest absolute Gasteiger partial charge is 0.335 e. The van der Waals surface area contributed by atoms with Crippen LogP contribution in [0.15, 0.2) is 59.3 Å². The first-order valence-electron chi connectivity index (χ1n) is 8.53. The Hall–Kier alpha value is -2.24. The van der Waals surface area contributed by atoms with Gasteiger partial charge in [-0.25, -0.2) is 4.79 Å². The summed E-state index contributed by atoms with van der Waals surface area (Å²) in [6, 6.07) is 14.2. The topological polar surface area (TPSA) is 46.5 Å². The Morgan fingerprint density at radius 2 is 1.79 bits per heavy atom. The fourth-order valence-electron chi connectivity index (χ4n) is 3.07. The molecule has 0 unspecified atom stereocenters. The van der Waals surface area contributed by atoms with Gasteiger partial charge in [-0.15, -0.1) is 0 Å². The first-order valence-corrected chi connectivity index (χ1v) is 10.6. The van der Waals surface area contributed by atoms with Crippen LogP contribution in [0.4, 0.5) is 0 Å². The molecule has 29 heavy (non-hydrogen) atoms. The summed E-state index contributed by atoms with van der Waals surface area (Å²) in [6.45, 7) is 0.139. The summed E-state index contributed by atoms with van der Waals surface area (Å²) in [5.74, 6) is -0.407. The highest BCUT2D eigenvalue weighted by Gasteiger charge is 2.13.